The molecule has 4 aromatic rings. The Morgan fingerprint density at radius 3 is 2.46 bits per heavy atom. The van der Waals surface area contributed by atoms with Crippen LogP contribution in [-0.4, -0.2) is 30.0 Å². The summed E-state index contributed by atoms with van der Waals surface area (Å²) in [6.45, 7) is 1.77. The molecule has 1 N–H and O–H groups in total. The van der Waals surface area contributed by atoms with E-state index < -0.39 is 11.6 Å². The number of carbonyl (C=O) groups is 1. The molecule has 0 saturated heterocycles. The monoisotopic (exact) mass is 474 g/mol. The lowest BCUT2D eigenvalue weighted by atomic mass is 10.1. The van der Waals surface area contributed by atoms with Crippen LogP contribution in [0, 0.1) is 18.6 Å². The van der Waals surface area contributed by atoms with Gasteiger partial charge in [0.25, 0.3) is 5.91 Å². The van der Waals surface area contributed by atoms with Gasteiger partial charge in [0.2, 0.25) is 0 Å². The molecule has 0 fully saturated rings. The highest BCUT2D eigenvalue weighted by atomic mass is 19.1. The Hall–Kier alpha value is -4.33. The number of benzene rings is 2. The molecule has 0 spiro atoms. The molecule has 178 valence electrons. The number of hydrogen-bond acceptors (Lipinski definition) is 5. The van der Waals surface area contributed by atoms with Gasteiger partial charge in [-0.2, -0.15) is 0 Å². The van der Waals surface area contributed by atoms with Crippen LogP contribution in [-0.2, 0) is 6.54 Å². The predicted molar refractivity (Wildman–Crippen MR) is 131 cm³/mol. The second-order valence-corrected chi connectivity index (χ2v) is 8.17. The van der Waals surface area contributed by atoms with E-state index in [1.54, 1.807) is 49.6 Å². The molecule has 1 amide bonds. The van der Waals surface area contributed by atoms with Crippen LogP contribution >= 0.6 is 0 Å². The van der Waals surface area contributed by atoms with Gasteiger partial charge in [-0.3, -0.25) is 9.78 Å². The van der Waals surface area contributed by atoms with Gasteiger partial charge in [-0.05, 0) is 55.0 Å². The summed E-state index contributed by atoms with van der Waals surface area (Å²) in [7, 11) is 3.85. The minimum absolute atomic E-state index is 0.00754. The van der Waals surface area contributed by atoms with E-state index in [1.807, 2.05) is 31.1 Å². The number of carbonyl (C=O) groups excluding carboxylic acids is 1. The number of pyridine rings is 2. The van der Waals surface area contributed by atoms with Crippen LogP contribution in [0.4, 0.5) is 14.6 Å². The number of nitrogens with zero attached hydrogens (tertiary/aromatic N) is 3. The summed E-state index contributed by atoms with van der Waals surface area (Å²) in [6.07, 6.45) is 3.40. The molecule has 4 rings (SSSR count). The molecule has 0 atom stereocenters. The first-order chi connectivity index (χ1) is 16.8. The normalized spacial score (nSPS) is 10.7. The molecule has 2 aromatic carbocycles. The summed E-state index contributed by atoms with van der Waals surface area (Å²) in [6, 6.07) is 15.7. The molecular weight excluding hydrogens is 450 g/mol. The van der Waals surface area contributed by atoms with Gasteiger partial charge in [-0.15, -0.1) is 0 Å². The highest BCUT2D eigenvalue weighted by Crippen LogP contribution is 2.29. The largest absolute Gasteiger partial charge is 0.457 e. The summed E-state index contributed by atoms with van der Waals surface area (Å²) in [5.41, 5.74) is 2.91. The maximum absolute atomic E-state index is 13.4. The number of nitrogens with one attached hydrogen (secondary N) is 1. The first-order valence-electron chi connectivity index (χ1n) is 10.9. The molecule has 8 heteroatoms. The number of rotatable bonds is 7. The average molecular weight is 475 g/mol. The van der Waals surface area contributed by atoms with Crippen molar-refractivity contribution in [3.05, 3.63) is 101 Å². The third-order valence-electron chi connectivity index (χ3n) is 5.37. The van der Waals surface area contributed by atoms with Gasteiger partial charge in [0.1, 0.15) is 29.0 Å². The van der Waals surface area contributed by atoms with Crippen molar-refractivity contribution in [1.82, 2.24) is 15.3 Å². The molecule has 35 heavy (non-hydrogen) atoms. The third-order valence-corrected chi connectivity index (χ3v) is 5.37. The van der Waals surface area contributed by atoms with E-state index in [4.69, 9.17) is 4.74 Å². The lowest BCUT2D eigenvalue weighted by molar-refractivity contribution is 0.0950. The summed E-state index contributed by atoms with van der Waals surface area (Å²) in [4.78, 5) is 23.5. The van der Waals surface area contributed by atoms with Crippen molar-refractivity contribution in [1.29, 1.82) is 0 Å². The van der Waals surface area contributed by atoms with E-state index in [0.29, 0.717) is 33.9 Å². The number of halogens is 2. The van der Waals surface area contributed by atoms with Gasteiger partial charge < -0.3 is 15.0 Å². The zero-order chi connectivity index (χ0) is 24.9. The maximum Gasteiger partial charge on any atom is 0.251 e. The van der Waals surface area contributed by atoms with Crippen LogP contribution in [0.1, 0.15) is 21.5 Å². The minimum Gasteiger partial charge on any atom is -0.457 e. The number of amides is 1. The van der Waals surface area contributed by atoms with E-state index in [9.17, 15) is 13.6 Å². The van der Waals surface area contributed by atoms with Crippen LogP contribution in [0.3, 0.4) is 0 Å². The Bertz CT molecular complexity index is 1340. The number of hydrogen-bond donors (Lipinski definition) is 1. The number of aromatic nitrogens is 2. The van der Waals surface area contributed by atoms with Crippen LogP contribution in [0.5, 0.6) is 11.5 Å². The van der Waals surface area contributed by atoms with Gasteiger partial charge >= 0.3 is 0 Å². The molecule has 6 nitrogen and oxygen atoms in total. The van der Waals surface area contributed by atoms with Crippen molar-refractivity contribution in [2.24, 2.45) is 0 Å². The second-order valence-electron chi connectivity index (χ2n) is 8.17. The number of ether oxygens (including phenoxy) is 1. The number of anilines is 1. The molecule has 0 aliphatic carbocycles. The summed E-state index contributed by atoms with van der Waals surface area (Å²) in [5.74, 6) is 0.147. The molecular formula is C27H24F2N4O2. The highest BCUT2D eigenvalue weighted by Gasteiger charge is 2.14. The van der Waals surface area contributed by atoms with Gasteiger partial charge in [-0.25, -0.2) is 13.8 Å². The first-order valence-corrected chi connectivity index (χ1v) is 10.9. The highest BCUT2D eigenvalue weighted by molar-refractivity contribution is 5.96. The summed E-state index contributed by atoms with van der Waals surface area (Å²) >= 11 is 0. The quantitative estimate of drug-likeness (QED) is 0.382. The van der Waals surface area contributed by atoms with Crippen molar-refractivity contribution in [2.45, 2.75) is 13.5 Å². The van der Waals surface area contributed by atoms with Crippen LogP contribution in [0.15, 0.2) is 73.1 Å². The fraction of sp³-hybridized carbons (Fsp3) is 0.148. The molecule has 0 saturated carbocycles. The smallest absolute Gasteiger partial charge is 0.251 e. The van der Waals surface area contributed by atoms with Crippen molar-refractivity contribution in [2.75, 3.05) is 19.0 Å². The van der Waals surface area contributed by atoms with Gasteiger partial charge in [0, 0.05) is 61.9 Å². The molecule has 0 aliphatic heterocycles. The Morgan fingerprint density at radius 1 is 1.00 bits per heavy atom. The first kappa shape index (κ1) is 23.8. The van der Waals surface area contributed by atoms with Crippen molar-refractivity contribution < 1.29 is 18.3 Å². The fourth-order valence-corrected chi connectivity index (χ4v) is 3.52. The molecule has 0 unspecified atom stereocenters. The van der Waals surface area contributed by atoms with E-state index >= 15 is 0 Å². The Labute approximate surface area is 202 Å². The van der Waals surface area contributed by atoms with Crippen LogP contribution in [0.2, 0.25) is 0 Å². The molecule has 0 bridgehead atoms. The van der Waals surface area contributed by atoms with Gasteiger partial charge in [0.05, 0.1) is 5.69 Å². The van der Waals surface area contributed by atoms with E-state index in [2.05, 4.69) is 15.3 Å². The van der Waals surface area contributed by atoms with Crippen LogP contribution < -0.4 is 15.0 Å². The molecule has 0 aliphatic rings. The lowest BCUT2D eigenvalue weighted by Gasteiger charge is -2.14. The second kappa shape index (κ2) is 10.3. The van der Waals surface area contributed by atoms with Gasteiger partial charge in [-0.1, -0.05) is 6.07 Å². The van der Waals surface area contributed by atoms with E-state index in [0.717, 1.165) is 17.4 Å². The van der Waals surface area contributed by atoms with Gasteiger partial charge in [0.15, 0.2) is 0 Å². The van der Waals surface area contributed by atoms with Crippen molar-refractivity contribution in [3.63, 3.8) is 0 Å². The Balaban J connectivity index is 1.49. The minimum atomic E-state index is -0.693. The third kappa shape index (κ3) is 5.78. The molecule has 2 heterocycles. The molecule has 0 radical (unpaired) electrons. The summed E-state index contributed by atoms with van der Waals surface area (Å²) in [5, 5.41) is 2.70. The van der Waals surface area contributed by atoms with Crippen LogP contribution in [0.25, 0.3) is 11.3 Å². The zero-order valence-electron chi connectivity index (χ0n) is 19.5. The lowest BCUT2D eigenvalue weighted by Crippen LogP contribution is -2.23. The van der Waals surface area contributed by atoms with Crippen molar-refractivity contribution in [3.8, 4) is 22.8 Å². The molecule has 2 aromatic heterocycles. The zero-order valence-corrected chi connectivity index (χ0v) is 19.5. The SMILES string of the molecule is Cc1c(Oc2ccnc(-c3ccc(N(C)C)nc3)c2)cccc1C(=O)NCc1cc(F)cc(F)c1. The fourth-order valence-electron chi connectivity index (χ4n) is 3.52. The standard InChI is InChI=1S/C27H24F2N4O2/c1-17-23(27(34)32-15-18-11-20(28)13-21(29)12-18)5-4-6-25(17)35-22-9-10-30-24(14-22)19-7-8-26(31-16-19)33(2)3/h4-14,16H,15H2,1-3H3,(H,32,34). The summed E-state index contributed by atoms with van der Waals surface area (Å²) < 4.78 is 32.9. The Kier molecular flexibility index (Phi) is 7.01. The maximum atomic E-state index is 13.4. The topological polar surface area (TPSA) is 67.3 Å². The van der Waals surface area contributed by atoms with Crippen molar-refractivity contribution >= 4 is 11.7 Å². The Morgan fingerprint density at radius 2 is 1.77 bits per heavy atom. The average Bonchev–Trinajstić information content (AvgIpc) is 2.83. The van der Waals surface area contributed by atoms with E-state index in [1.165, 1.54) is 12.1 Å². The van der Waals surface area contributed by atoms with E-state index in [-0.39, 0.29) is 12.5 Å². The predicted octanol–water partition coefficient (Wildman–Crippen LogP) is 5.52.